The fourth-order valence-electron chi connectivity index (χ4n) is 4.89. The summed E-state index contributed by atoms with van der Waals surface area (Å²) in [6.07, 6.45) is 4.76. The average Bonchev–Trinajstić information content (AvgIpc) is 3.45. The molecule has 0 bridgehead atoms. The number of thiophene rings is 1. The van der Waals surface area contributed by atoms with E-state index < -0.39 is 0 Å². The van der Waals surface area contributed by atoms with Crippen molar-refractivity contribution >= 4 is 40.0 Å². The van der Waals surface area contributed by atoms with Crippen molar-refractivity contribution in [2.45, 2.75) is 45.1 Å². The Hall–Kier alpha value is -2.51. The van der Waals surface area contributed by atoms with Crippen LogP contribution in [0, 0.1) is 5.41 Å². The molecule has 5 rings (SSSR count). The number of hydrogen-bond acceptors (Lipinski definition) is 5. The van der Waals surface area contributed by atoms with Gasteiger partial charge in [-0.2, -0.15) is 0 Å². The normalized spacial score (nSPS) is 23.0. The van der Waals surface area contributed by atoms with Crippen LogP contribution in [-0.4, -0.2) is 34.3 Å². The Morgan fingerprint density at radius 1 is 1.23 bits per heavy atom. The van der Waals surface area contributed by atoms with Gasteiger partial charge < -0.3 is 9.88 Å². The lowest BCUT2D eigenvalue weighted by molar-refractivity contribution is 0.0873. The zero-order chi connectivity index (χ0) is 20.7. The maximum atomic E-state index is 12.9. The average molecular weight is 423 g/mol. The molecule has 156 valence electrons. The molecule has 0 radical (unpaired) electrons. The standard InChI is InChI=1S/C23H26N4O2S/c1-2-5-18(28)19-8-9-20(30-19)21(29)26-22-25-16-6-3-4-7-17(16)27(22)15-12-23(13-15)10-11-24-14-23/h3-4,6-9,15,24H,2,5,10-14H2,1H3,(H,25,26,29). The predicted octanol–water partition coefficient (Wildman–Crippen LogP) is 4.65. The van der Waals surface area contributed by atoms with Crippen molar-refractivity contribution in [2.24, 2.45) is 5.41 Å². The highest BCUT2D eigenvalue weighted by Gasteiger charge is 2.47. The van der Waals surface area contributed by atoms with E-state index in [2.05, 4.69) is 21.3 Å². The zero-order valence-corrected chi connectivity index (χ0v) is 17.9. The molecule has 2 aliphatic rings. The third-order valence-electron chi connectivity index (χ3n) is 6.44. The number of hydrogen-bond donors (Lipinski definition) is 2. The van der Waals surface area contributed by atoms with Crippen LogP contribution in [0.5, 0.6) is 0 Å². The Balaban J connectivity index is 1.40. The van der Waals surface area contributed by atoms with Crippen molar-refractivity contribution < 1.29 is 9.59 Å². The molecule has 0 atom stereocenters. The first-order valence-corrected chi connectivity index (χ1v) is 11.5. The van der Waals surface area contributed by atoms with Crippen LogP contribution in [0.15, 0.2) is 36.4 Å². The first-order chi connectivity index (χ1) is 14.6. The fourth-order valence-corrected chi connectivity index (χ4v) is 5.76. The van der Waals surface area contributed by atoms with E-state index in [1.807, 2.05) is 25.1 Å². The number of aromatic nitrogens is 2. The van der Waals surface area contributed by atoms with Crippen LogP contribution >= 0.6 is 11.3 Å². The van der Waals surface area contributed by atoms with E-state index in [4.69, 9.17) is 4.98 Å². The van der Waals surface area contributed by atoms with Crippen molar-refractivity contribution in [1.29, 1.82) is 0 Å². The minimum Gasteiger partial charge on any atom is -0.316 e. The van der Waals surface area contributed by atoms with Crippen LogP contribution in [0.1, 0.15) is 64.4 Å². The number of rotatable bonds is 6. The summed E-state index contributed by atoms with van der Waals surface area (Å²) in [7, 11) is 0. The van der Waals surface area contributed by atoms with Gasteiger partial charge in [0.25, 0.3) is 5.91 Å². The van der Waals surface area contributed by atoms with Gasteiger partial charge in [0.1, 0.15) is 0 Å². The van der Waals surface area contributed by atoms with Crippen LogP contribution in [-0.2, 0) is 0 Å². The Labute approximate surface area is 179 Å². The summed E-state index contributed by atoms with van der Waals surface area (Å²) in [6.45, 7) is 4.16. The van der Waals surface area contributed by atoms with Gasteiger partial charge in [0.2, 0.25) is 5.95 Å². The summed E-state index contributed by atoms with van der Waals surface area (Å²) in [5.41, 5.74) is 2.35. The summed E-state index contributed by atoms with van der Waals surface area (Å²) in [6, 6.07) is 11.9. The topological polar surface area (TPSA) is 76.0 Å². The number of nitrogens with zero attached hydrogens (tertiary/aromatic N) is 2. The van der Waals surface area contributed by atoms with Crippen LogP contribution in [0.3, 0.4) is 0 Å². The minimum atomic E-state index is -0.205. The third-order valence-corrected chi connectivity index (χ3v) is 7.56. The van der Waals surface area contributed by atoms with E-state index >= 15 is 0 Å². The van der Waals surface area contributed by atoms with Crippen molar-refractivity contribution in [1.82, 2.24) is 14.9 Å². The quantitative estimate of drug-likeness (QED) is 0.567. The van der Waals surface area contributed by atoms with Gasteiger partial charge in [-0.25, -0.2) is 4.98 Å². The molecule has 2 aromatic heterocycles. The minimum absolute atomic E-state index is 0.0960. The Morgan fingerprint density at radius 3 is 2.80 bits per heavy atom. The summed E-state index contributed by atoms with van der Waals surface area (Å²) in [5.74, 6) is 0.490. The molecule has 2 N–H and O–H groups in total. The molecule has 1 saturated heterocycles. The number of benzene rings is 1. The SMILES string of the molecule is CCCC(=O)c1ccc(C(=O)Nc2nc3ccccc3n2C2CC3(CCNC3)C2)s1. The molecule has 3 aromatic rings. The summed E-state index contributed by atoms with van der Waals surface area (Å²) in [4.78, 5) is 31.0. The molecule has 1 saturated carbocycles. The maximum Gasteiger partial charge on any atom is 0.268 e. The lowest BCUT2D eigenvalue weighted by Gasteiger charge is -2.46. The third kappa shape index (κ3) is 3.36. The molecule has 3 heterocycles. The molecular weight excluding hydrogens is 396 g/mol. The molecule has 1 aliphatic heterocycles. The first kappa shape index (κ1) is 19.5. The highest BCUT2D eigenvalue weighted by molar-refractivity contribution is 7.16. The fraction of sp³-hybridized carbons (Fsp3) is 0.435. The van der Waals surface area contributed by atoms with Gasteiger partial charge >= 0.3 is 0 Å². The van der Waals surface area contributed by atoms with Gasteiger partial charge in [-0.3, -0.25) is 14.9 Å². The predicted molar refractivity (Wildman–Crippen MR) is 119 cm³/mol. The molecule has 6 nitrogen and oxygen atoms in total. The summed E-state index contributed by atoms with van der Waals surface area (Å²) >= 11 is 1.26. The van der Waals surface area contributed by atoms with E-state index in [0.717, 1.165) is 43.4 Å². The Morgan fingerprint density at radius 2 is 2.03 bits per heavy atom. The first-order valence-electron chi connectivity index (χ1n) is 10.7. The number of fused-ring (bicyclic) bond motifs is 1. The Kier molecular flexibility index (Phi) is 4.95. The molecule has 1 amide bonds. The number of anilines is 1. The second-order valence-corrected chi connectivity index (χ2v) is 9.66. The molecule has 1 spiro atoms. The van der Waals surface area contributed by atoms with Gasteiger partial charge in [-0.1, -0.05) is 19.1 Å². The number of nitrogens with one attached hydrogen (secondary N) is 2. The van der Waals surface area contributed by atoms with E-state index in [9.17, 15) is 9.59 Å². The second-order valence-electron chi connectivity index (χ2n) is 8.57. The van der Waals surface area contributed by atoms with Crippen LogP contribution < -0.4 is 10.6 Å². The summed E-state index contributed by atoms with van der Waals surface area (Å²) in [5, 5.41) is 6.51. The lowest BCUT2D eigenvalue weighted by Crippen LogP contribution is -2.40. The number of carbonyl (C=O) groups is 2. The monoisotopic (exact) mass is 422 g/mol. The van der Waals surface area contributed by atoms with Gasteiger partial charge in [-0.15, -0.1) is 11.3 Å². The lowest BCUT2D eigenvalue weighted by atomic mass is 9.65. The molecule has 0 unspecified atom stereocenters. The molecule has 30 heavy (non-hydrogen) atoms. The van der Waals surface area contributed by atoms with E-state index in [-0.39, 0.29) is 11.7 Å². The maximum absolute atomic E-state index is 12.9. The highest BCUT2D eigenvalue weighted by Crippen LogP contribution is 2.53. The zero-order valence-electron chi connectivity index (χ0n) is 17.1. The Bertz CT molecular complexity index is 1100. The van der Waals surface area contributed by atoms with E-state index in [1.165, 1.54) is 17.8 Å². The summed E-state index contributed by atoms with van der Waals surface area (Å²) < 4.78 is 2.20. The van der Waals surface area contributed by atoms with Crippen LogP contribution in [0.4, 0.5) is 5.95 Å². The molecule has 7 heteroatoms. The number of para-hydroxylation sites is 2. The van der Waals surface area contributed by atoms with E-state index in [0.29, 0.717) is 33.6 Å². The molecule has 1 aliphatic carbocycles. The van der Waals surface area contributed by atoms with Crippen LogP contribution in [0.2, 0.25) is 0 Å². The second kappa shape index (κ2) is 7.63. The largest absolute Gasteiger partial charge is 0.316 e. The van der Waals surface area contributed by atoms with Gasteiger partial charge in [0.05, 0.1) is 20.8 Å². The number of carbonyl (C=O) groups excluding carboxylic acids is 2. The number of amides is 1. The van der Waals surface area contributed by atoms with Crippen molar-refractivity contribution in [3.05, 3.63) is 46.2 Å². The molecule has 1 aromatic carbocycles. The van der Waals surface area contributed by atoms with Gasteiger partial charge in [0.15, 0.2) is 5.78 Å². The smallest absolute Gasteiger partial charge is 0.268 e. The molecular formula is C23H26N4O2S. The van der Waals surface area contributed by atoms with E-state index in [1.54, 1.807) is 12.1 Å². The van der Waals surface area contributed by atoms with Crippen molar-refractivity contribution in [3.8, 4) is 0 Å². The van der Waals surface area contributed by atoms with Gasteiger partial charge in [-0.05, 0) is 61.9 Å². The van der Waals surface area contributed by atoms with Gasteiger partial charge in [0, 0.05) is 19.0 Å². The van der Waals surface area contributed by atoms with Crippen molar-refractivity contribution in [3.63, 3.8) is 0 Å². The van der Waals surface area contributed by atoms with Crippen molar-refractivity contribution in [2.75, 3.05) is 18.4 Å². The number of ketones is 1. The molecule has 2 fully saturated rings. The number of imidazole rings is 1. The van der Waals surface area contributed by atoms with Crippen LogP contribution in [0.25, 0.3) is 11.0 Å². The highest BCUT2D eigenvalue weighted by atomic mass is 32.1. The number of Topliss-reactive ketones (excluding diaryl/α,β-unsaturated/α-hetero) is 1.